The van der Waals surface area contributed by atoms with E-state index in [-0.39, 0.29) is 60.1 Å². The average molecular weight is 570 g/mol. The second kappa shape index (κ2) is 9.98. The molecule has 2 amide bonds. The number of benzene rings is 2. The summed E-state index contributed by atoms with van der Waals surface area (Å²) in [5.74, 6) is -0.733. The summed E-state index contributed by atoms with van der Waals surface area (Å²) in [6.07, 6.45) is 1.72. The Kier molecular flexibility index (Phi) is 6.74. The molecule has 2 aromatic carbocycles. The number of carbonyl (C=O) groups is 2. The van der Waals surface area contributed by atoms with E-state index in [1.165, 1.54) is 22.8 Å². The van der Waals surface area contributed by atoms with Gasteiger partial charge < -0.3 is 25.5 Å². The second-order valence-corrected chi connectivity index (χ2v) is 9.97. The number of fused-ring (bicyclic) bond motifs is 1. The molecule has 37 heavy (non-hydrogen) atoms. The molecule has 1 aromatic heterocycles. The van der Waals surface area contributed by atoms with Crippen molar-refractivity contribution < 1.29 is 19.1 Å². The zero-order chi connectivity index (χ0) is 26.3. The minimum absolute atomic E-state index is 0.0309. The van der Waals surface area contributed by atoms with Gasteiger partial charge in [-0.15, -0.1) is 0 Å². The Morgan fingerprint density at radius 3 is 2.62 bits per heavy atom. The van der Waals surface area contributed by atoms with E-state index >= 15 is 0 Å². The molecule has 1 saturated carbocycles. The van der Waals surface area contributed by atoms with E-state index in [0.717, 1.165) is 12.8 Å². The molecule has 3 aromatic rings. The number of nitrogens with zero attached hydrogens (tertiary/aromatic N) is 3. The van der Waals surface area contributed by atoms with E-state index in [9.17, 15) is 18.8 Å². The highest BCUT2D eigenvalue weighted by atomic mass is 79.9. The number of amides is 2. The van der Waals surface area contributed by atoms with Crippen molar-refractivity contribution in [1.82, 2.24) is 9.47 Å². The minimum Gasteiger partial charge on any atom is -0.396 e. The second-order valence-electron chi connectivity index (χ2n) is 9.05. The van der Waals surface area contributed by atoms with Gasteiger partial charge in [0.2, 0.25) is 5.91 Å². The molecule has 0 atom stereocenters. The third-order valence-corrected chi connectivity index (χ3v) is 6.90. The lowest BCUT2D eigenvalue weighted by Crippen LogP contribution is -2.48. The number of aromatic nitrogens is 1. The quantitative estimate of drug-likeness (QED) is 0.396. The van der Waals surface area contributed by atoms with Gasteiger partial charge in [0.25, 0.3) is 11.5 Å². The molecule has 2 heterocycles. The first-order valence-electron chi connectivity index (χ1n) is 11.8. The van der Waals surface area contributed by atoms with Crippen molar-refractivity contribution in [1.29, 1.82) is 0 Å². The first-order chi connectivity index (χ1) is 17.8. The summed E-state index contributed by atoms with van der Waals surface area (Å²) in [5.41, 5.74) is 1.41. The third-order valence-electron chi connectivity index (χ3n) is 6.40. The van der Waals surface area contributed by atoms with Gasteiger partial charge in [-0.3, -0.25) is 19.0 Å². The van der Waals surface area contributed by atoms with Crippen LogP contribution in [0.15, 0.2) is 57.8 Å². The van der Waals surface area contributed by atoms with Crippen LogP contribution in [0.5, 0.6) is 0 Å². The largest absolute Gasteiger partial charge is 0.396 e. The standard InChI is InChI=1S/C26H25BrFN5O4/c1-31-23(36)13-21(30-20-8-5-15(27)11-19(20)28)24-25(31)32(14-33(26(24)37)17-6-7-17)18-4-2-3-16(12-18)29-22(35)9-10-34/h2-5,8,11-13,17,30,34H,6-7,9-10,14H2,1H3,(H,29,35). The van der Waals surface area contributed by atoms with Gasteiger partial charge in [-0.1, -0.05) is 22.0 Å². The van der Waals surface area contributed by atoms with Crippen LogP contribution in [0.3, 0.4) is 0 Å². The van der Waals surface area contributed by atoms with Gasteiger partial charge in [0.1, 0.15) is 17.2 Å². The number of nitrogens with one attached hydrogen (secondary N) is 2. The highest BCUT2D eigenvalue weighted by Crippen LogP contribution is 2.41. The lowest BCUT2D eigenvalue weighted by Gasteiger charge is -2.40. The van der Waals surface area contributed by atoms with Crippen LogP contribution < -0.4 is 21.1 Å². The highest BCUT2D eigenvalue weighted by molar-refractivity contribution is 9.10. The van der Waals surface area contributed by atoms with Crippen LogP contribution in [0.4, 0.5) is 33.0 Å². The predicted molar refractivity (Wildman–Crippen MR) is 142 cm³/mol. The lowest BCUT2D eigenvalue weighted by atomic mass is 10.1. The number of anilines is 5. The molecular formula is C26H25BrFN5O4. The van der Waals surface area contributed by atoms with Crippen molar-refractivity contribution in [3.05, 3.63) is 74.7 Å². The first kappa shape index (κ1) is 25.0. The van der Waals surface area contributed by atoms with Gasteiger partial charge in [0.15, 0.2) is 0 Å². The number of hydrogen-bond acceptors (Lipinski definition) is 6. The van der Waals surface area contributed by atoms with Gasteiger partial charge in [-0.2, -0.15) is 0 Å². The number of aliphatic hydroxyl groups is 1. The SMILES string of the molecule is Cn1c2c(c(Nc3ccc(Br)cc3F)cc1=O)C(=O)N(C1CC1)CN2c1cccc(NC(=O)CCO)c1. The molecule has 0 radical (unpaired) electrons. The zero-order valence-corrected chi connectivity index (χ0v) is 21.6. The Balaban J connectivity index is 1.63. The summed E-state index contributed by atoms with van der Waals surface area (Å²) in [4.78, 5) is 42.4. The monoisotopic (exact) mass is 569 g/mol. The topological polar surface area (TPSA) is 107 Å². The zero-order valence-electron chi connectivity index (χ0n) is 20.0. The molecule has 5 rings (SSSR count). The number of aliphatic hydroxyl groups excluding tert-OH is 1. The summed E-state index contributed by atoms with van der Waals surface area (Å²) in [7, 11) is 1.59. The van der Waals surface area contributed by atoms with Crippen molar-refractivity contribution in [3.8, 4) is 0 Å². The van der Waals surface area contributed by atoms with E-state index in [1.807, 2.05) is 11.0 Å². The molecule has 1 aliphatic carbocycles. The Labute approximate surface area is 220 Å². The Hall–Kier alpha value is -3.70. The van der Waals surface area contributed by atoms with Crippen molar-refractivity contribution >= 4 is 56.3 Å². The van der Waals surface area contributed by atoms with Crippen LogP contribution in [-0.4, -0.2) is 45.7 Å². The Morgan fingerprint density at radius 2 is 1.92 bits per heavy atom. The number of halogens is 2. The molecule has 0 spiro atoms. The molecule has 0 unspecified atom stereocenters. The fourth-order valence-corrected chi connectivity index (χ4v) is 4.75. The number of carbonyl (C=O) groups excluding carboxylic acids is 2. The van der Waals surface area contributed by atoms with Crippen LogP contribution in [-0.2, 0) is 11.8 Å². The van der Waals surface area contributed by atoms with Crippen LogP contribution in [0.2, 0.25) is 0 Å². The number of hydrogen-bond donors (Lipinski definition) is 3. The van der Waals surface area contributed by atoms with E-state index in [2.05, 4.69) is 26.6 Å². The average Bonchev–Trinajstić information content (AvgIpc) is 3.69. The molecule has 1 fully saturated rings. The summed E-state index contributed by atoms with van der Waals surface area (Å²) < 4.78 is 16.6. The van der Waals surface area contributed by atoms with Crippen LogP contribution in [0, 0.1) is 5.82 Å². The molecule has 11 heteroatoms. The normalized spacial score (nSPS) is 15.0. The molecule has 0 bridgehead atoms. The smallest absolute Gasteiger partial charge is 0.261 e. The summed E-state index contributed by atoms with van der Waals surface area (Å²) in [6, 6.07) is 12.9. The Morgan fingerprint density at radius 1 is 1.14 bits per heavy atom. The fourth-order valence-electron chi connectivity index (χ4n) is 4.42. The Bertz CT molecular complexity index is 1460. The van der Waals surface area contributed by atoms with Crippen molar-refractivity contribution in [3.63, 3.8) is 0 Å². The maximum absolute atomic E-state index is 14.7. The number of rotatable bonds is 7. The predicted octanol–water partition coefficient (Wildman–Crippen LogP) is 4.07. The van der Waals surface area contributed by atoms with E-state index in [1.54, 1.807) is 36.2 Å². The molecule has 2 aliphatic rings. The number of pyridine rings is 1. The molecule has 3 N–H and O–H groups in total. The maximum Gasteiger partial charge on any atom is 0.261 e. The van der Waals surface area contributed by atoms with E-state index in [0.29, 0.717) is 21.7 Å². The van der Waals surface area contributed by atoms with Gasteiger partial charge >= 0.3 is 0 Å². The van der Waals surface area contributed by atoms with Crippen LogP contribution >= 0.6 is 15.9 Å². The fraction of sp³-hybridized carbons (Fsp3) is 0.269. The van der Waals surface area contributed by atoms with Gasteiger partial charge in [-0.05, 0) is 49.2 Å². The highest BCUT2D eigenvalue weighted by Gasteiger charge is 2.41. The lowest BCUT2D eigenvalue weighted by molar-refractivity contribution is -0.116. The van der Waals surface area contributed by atoms with Crippen LogP contribution in [0.1, 0.15) is 29.6 Å². The van der Waals surface area contributed by atoms with Crippen molar-refractivity contribution in [2.24, 2.45) is 7.05 Å². The van der Waals surface area contributed by atoms with Gasteiger partial charge in [-0.25, -0.2) is 4.39 Å². The molecular weight excluding hydrogens is 545 g/mol. The third kappa shape index (κ3) is 4.96. The summed E-state index contributed by atoms with van der Waals surface area (Å²) >= 11 is 3.24. The van der Waals surface area contributed by atoms with Gasteiger partial charge in [0.05, 0.1) is 31.1 Å². The van der Waals surface area contributed by atoms with E-state index < -0.39 is 5.82 Å². The summed E-state index contributed by atoms with van der Waals surface area (Å²) in [6.45, 7) is -0.0474. The van der Waals surface area contributed by atoms with Gasteiger partial charge in [0, 0.05) is 35.0 Å². The summed E-state index contributed by atoms with van der Waals surface area (Å²) in [5, 5.41) is 14.8. The minimum atomic E-state index is -0.533. The molecule has 1 aliphatic heterocycles. The van der Waals surface area contributed by atoms with Crippen molar-refractivity contribution in [2.75, 3.05) is 28.8 Å². The van der Waals surface area contributed by atoms with E-state index in [4.69, 9.17) is 5.11 Å². The van der Waals surface area contributed by atoms with Crippen molar-refractivity contribution in [2.45, 2.75) is 25.3 Å². The molecule has 192 valence electrons. The van der Waals surface area contributed by atoms with Crippen LogP contribution in [0.25, 0.3) is 0 Å². The first-order valence-corrected chi connectivity index (χ1v) is 12.6. The molecule has 9 nitrogen and oxygen atoms in total. The maximum atomic E-state index is 14.7. The molecule has 0 saturated heterocycles.